The van der Waals surface area contributed by atoms with Gasteiger partial charge >= 0.3 is 5.97 Å². The number of carbonyl (C=O) groups is 4. The number of likely N-dealkylation sites (N-methyl/N-ethyl adjacent to an activating group) is 1. The smallest absolute Gasteiger partial charge is 0.326 e. The number of fused-ring (bicyclic) bond motifs is 1. The number of anilines is 1. The quantitative estimate of drug-likeness (QED) is 0.708. The van der Waals surface area contributed by atoms with Gasteiger partial charge in [-0.2, -0.15) is 0 Å². The maximum Gasteiger partial charge on any atom is 0.326 e. The number of thioether (sulfide) groups is 1. The maximum atomic E-state index is 12.2. The summed E-state index contributed by atoms with van der Waals surface area (Å²) in [5, 5.41) is 2.75. The van der Waals surface area contributed by atoms with Gasteiger partial charge in [0.05, 0.1) is 18.0 Å². The second-order valence-corrected chi connectivity index (χ2v) is 8.46. The maximum absolute atomic E-state index is 12.2. The lowest BCUT2D eigenvalue weighted by Crippen LogP contribution is -2.47. The minimum atomic E-state index is -0.684. The Morgan fingerprint density at radius 1 is 1.25 bits per heavy atom. The lowest BCUT2D eigenvalue weighted by molar-refractivity contribution is -0.151. The van der Waals surface area contributed by atoms with Crippen LogP contribution in [0.15, 0.2) is 29.2 Å². The van der Waals surface area contributed by atoms with E-state index in [1.165, 1.54) is 28.6 Å². The highest BCUT2D eigenvalue weighted by atomic mass is 32.2. The van der Waals surface area contributed by atoms with E-state index in [1.807, 2.05) is 32.9 Å². The van der Waals surface area contributed by atoms with Crippen molar-refractivity contribution in [3.05, 3.63) is 24.3 Å². The molecule has 28 heavy (non-hydrogen) atoms. The molecular weight excluding hydrogens is 382 g/mol. The first-order valence-corrected chi connectivity index (χ1v) is 9.78. The normalized spacial score (nSPS) is 13.6. The zero-order valence-corrected chi connectivity index (χ0v) is 17.3. The van der Waals surface area contributed by atoms with Crippen molar-refractivity contribution in [3.8, 4) is 0 Å². The van der Waals surface area contributed by atoms with Gasteiger partial charge < -0.3 is 15.0 Å². The number of nitrogens with zero attached hydrogens (tertiary/aromatic N) is 2. The Morgan fingerprint density at radius 3 is 2.61 bits per heavy atom. The van der Waals surface area contributed by atoms with Crippen molar-refractivity contribution in [3.63, 3.8) is 0 Å². The highest BCUT2D eigenvalue weighted by Gasteiger charge is 2.27. The first kappa shape index (κ1) is 21.7. The van der Waals surface area contributed by atoms with Crippen LogP contribution in [0.2, 0.25) is 0 Å². The predicted octanol–water partition coefficient (Wildman–Crippen LogP) is 1.04. The molecule has 1 aromatic rings. The van der Waals surface area contributed by atoms with Gasteiger partial charge in [-0.05, 0) is 32.9 Å². The summed E-state index contributed by atoms with van der Waals surface area (Å²) in [4.78, 5) is 51.7. The molecule has 9 heteroatoms. The fourth-order valence-corrected chi connectivity index (χ4v) is 3.45. The van der Waals surface area contributed by atoms with Crippen LogP contribution in [0.25, 0.3) is 0 Å². The SMILES string of the molecule is CN(CC(=O)NC(C)(C)C)C(=O)COC(=O)CN1C(=O)CSc2ccccc21. The molecule has 0 radical (unpaired) electrons. The Hall–Kier alpha value is -2.55. The number of esters is 1. The summed E-state index contributed by atoms with van der Waals surface area (Å²) in [6, 6.07) is 7.30. The minimum Gasteiger partial charge on any atom is -0.454 e. The summed E-state index contributed by atoms with van der Waals surface area (Å²) in [5.41, 5.74) is 0.256. The molecule has 0 fully saturated rings. The van der Waals surface area contributed by atoms with E-state index in [2.05, 4.69) is 5.32 Å². The summed E-state index contributed by atoms with van der Waals surface area (Å²) in [6.07, 6.45) is 0. The van der Waals surface area contributed by atoms with Crippen LogP contribution in [0.4, 0.5) is 5.69 Å². The lowest BCUT2D eigenvalue weighted by atomic mass is 10.1. The van der Waals surface area contributed by atoms with Gasteiger partial charge in [0.2, 0.25) is 11.8 Å². The Morgan fingerprint density at radius 2 is 1.93 bits per heavy atom. The van der Waals surface area contributed by atoms with Crippen LogP contribution in [0.5, 0.6) is 0 Å². The number of carbonyl (C=O) groups excluding carboxylic acids is 4. The van der Waals surface area contributed by atoms with Crippen LogP contribution in [-0.4, -0.2) is 66.6 Å². The van der Waals surface area contributed by atoms with E-state index >= 15 is 0 Å². The van der Waals surface area contributed by atoms with Gasteiger partial charge in [0.25, 0.3) is 5.91 Å². The van der Waals surface area contributed by atoms with Crippen molar-refractivity contribution in [1.29, 1.82) is 0 Å². The number of hydrogen-bond acceptors (Lipinski definition) is 6. The van der Waals surface area contributed by atoms with Crippen molar-refractivity contribution >= 4 is 41.1 Å². The topological polar surface area (TPSA) is 96.0 Å². The van der Waals surface area contributed by atoms with Crippen LogP contribution in [0, 0.1) is 0 Å². The lowest BCUT2D eigenvalue weighted by Gasteiger charge is -2.28. The number of ether oxygens (including phenoxy) is 1. The van der Waals surface area contributed by atoms with Crippen LogP contribution in [0.1, 0.15) is 20.8 Å². The molecular formula is C19H25N3O5S. The van der Waals surface area contributed by atoms with E-state index < -0.39 is 24.0 Å². The molecule has 1 heterocycles. The third-order valence-corrected chi connectivity index (χ3v) is 4.82. The number of rotatable bonds is 6. The van der Waals surface area contributed by atoms with Crippen LogP contribution < -0.4 is 10.2 Å². The molecule has 1 aromatic carbocycles. The van der Waals surface area contributed by atoms with Crippen molar-refractivity contribution in [2.75, 3.05) is 37.4 Å². The summed E-state index contributed by atoms with van der Waals surface area (Å²) in [5.74, 6) is -1.44. The van der Waals surface area contributed by atoms with Crippen LogP contribution >= 0.6 is 11.8 Å². The van der Waals surface area contributed by atoms with Crippen LogP contribution in [0.3, 0.4) is 0 Å². The van der Waals surface area contributed by atoms with Crippen molar-refractivity contribution in [2.24, 2.45) is 0 Å². The molecule has 0 aromatic heterocycles. The van der Waals surface area contributed by atoms with Gasteiger partial charge in [0.15, 0.2) is 6.61 Å². The van der Waals surface area contributed by atoms with E-state index in [1.54, 1.807) is 12.1 Å². The first-order chi connectivity index (χ1) is 13.1. The van der Waals surface area contributed by atoms with Gasteiger partial charge in [-0.15, -0.1) is 11.8 Å². The van der Waals surface area contributed by atoms with Crippen LogP contribution in [-0.2, 0) is 23.9 Å². The fraction of sp³-hybridized carbons (Fsp3) is 0.474. The van der Waals surface area contributed by atoms with E-state index in [9.17, 15) is 19.2 Å². The zero-order valence-electron chi connectivity index (χ0n) is 16.5. The molecule has 0 atom stereocenters. The highest BCUT2D eigenvalue weighted by Crippen LogP contribution is 2.34. The molecule has 0 saturated carbocycles. The van der Waals surface area contributed by atoms with Crippen molar-refractivity contribution in [1.82, 2.24) is 10.2 Å². The second-order valence-electron chi connectivity index (χ2n) is 7.44. The third-order valence-electron chi connectivity index (χ3n) is 3.77. The molecule has 3 amide bonds. The highest BCUT2D eigenvalue weighted by molar-refractivity contribution is 8.00. The van der Waals surface area contributed by atoms with Gasteiger partial charge in [0.1, 0.15) is 6.54 Å². The van der Waals surface area contributed by atoms with E-state index in [-0.39, 0.29) is 30.7 Å². The van der Waals surface area contributed by atoms with Gasteiger partial charge in [-0.25, -0.2) is 0 Å². The molecule has 2 rings (SSSR count). The molecule has 1 aliphatic rings. The fourth-order valence-electron chi connectivity index (χ4n) is 2.52. The Balaban J connectivity index is 1.84. The standard InChI is InChI=1S/C19H25N3O5S/c1-19(2,3)20-15(23)9-21(4)16(24)11-27-18(26)10-22-13-7-5-6-8-14(13)28-12-17(22)25/h5-8H,9-12H2,1-4H3,(H,20,23). The number of amides is 3. The van der Waals surface area contributed by atoms with E-state index in [0.29, 0.717) is 5.69 Å². The third kappa shape index (κ3) is 6.26. The first-order valence-electron chi connectivity index (χ1n) is 8.79. The molecule has 0 spiro atoms. The molecule has 0 unspecified atom stereocenters. The molecule has 8 nitrogen and oxygen atoms in total. The molecule has 0 aliphatic carbocycles. The van der Waals surface area contributed by atoms with Crippen molar-refractivity contribution < 1.29 is 23.9 Å². The van der Waals surface area contributed by atoms with E-state index in [0.717, 1.165) is 4.90 Å². The Labute approximate surface area is 168 Å². The van der Waals surface area contributed by atoms with Gasteiger partial charge in [0, 0.05) is 17.5 Å². The minimum absolute atomic E-state index is 0.136. The molecule has 152 valence electrons. The summed E-state index contributed by atoms with van der Waals surface area (Å²) < 4.78 is 5.01. The molecule has 0 saturated heterocycles. The monoisotopic (exact) mass is 407 g/mol. The average molecular weight is 407 g/mol. The average Bonchev–Trinajstić information content (AvgIpc) is 2.60. The Bertz CT molecular complexity index is 775. The molecule has 1 aliphatic heterocycles. The molecule has 0 bridgehead atoms. The number of nitrogens with one attached hydrogen (secondary N) is 1. The van der Waals surface area contributed by atoms with Gasteiger partial charge in [-0.3, -0.25) is 24.1 Å². The Kier molecular flexibility index (Phi) is 7.06. The second kappa shape index (κ2) is 9.09. The number of hydrogen-bond donors (Lipinski definition) is 1. The zero-order chi connectivity index (χ0) is 20.9. The summed E-state index contributed by atoms with van der Waals surface area (Å²) in [7, 11) is 1.46. The van der Waals surface area contributed by atoms with E-state index in [4.69, 9.17) is 4.74 Å². The van der Waals surface area contributed by atoms with Gasteiger partial charge in [-0.1, -0.05) is 12.1 Å². The summed E-state index contributed by atoms with van der Waals surface area (Å²) in [6.45, 7) is 4.63. The molecule has 1 N–H and O–H groups in total. The predicted molar refractivity (Wildman–Crippen MR) is 106 cm³/mol. The largest absolute Gasteiger partial charge is 0.454 e. The summed E-state index contributed by atoms with van der Waals surface area (Å²) >= 11 is 1.42. The number of benzene rings is 1. The number of para-hydroxylation sites is 1. The van der Waals surface area contributed by atoms with Crippen molar-refractivity contribution in [2.45, 2.75) is 31.2 Å².